The summed E-state index contributed by atoms with van der Waals surface area (Å²) in [4.78, 5) is 35.1. The van der Waals surface area contributed by atoms with Crippen LogP contribution in [0.5, 0.6) is 0 Å². The van der Waals surface area contributed by atoms with Crippen LogP contribution in [-0.2, 0) is 0 Å². The lowest BCUT2D eigenvalue weighted by atomic mass is 10.3. The molecule has 0 aliphatic rings. The van der Waals surface area contributed by atoms with Crippen molar-refractivity contribution in [3.05, 3.63) is 55.4 Å². The average molecular weight is 313 g/mol. The minimum absolute atomic E-state index is 0.0682. The number of hydrogen-bond acceptors (Lipinski definition) is 7. The van der Waals surface area contributed by atoms with E-state index in [9.17, 15) is 25.0 Å². The molecule has 0 aliphatic heterocycles. The quantitative estimate of drug-likeness (QED) is 0.518. The summed E-state index contributed by atoms with van der Waals surface area (Å²) >= 11 is 5.60. The highest BCUT2D eigenvalue weighted by Crippen LogP contribution is 2.25. The van der Waals surface area contributed by atoms with E-state index in [0.29, 0.717) is 0 Å². The van der Waals surface area contributed by atoms with Gasteiger partial charge in [-0.05, 0) is 12.1 Å². The molecule has 10 nitrogen and oxygen atoms in total. The molecular formula is C10H5ClN4O6. The maximum Gasteiger partial charge on any atom is 0.433 e. The van der Waals surface area contributed by atoms with E-state index in [-0.39, 0.29) is 5.15 Å². The minimum atomic E-state index is -0.930. The molecule has 11 heteroatoms. The highest BCUT2D eigenvalue weighted by molar-refractivity contribution is 6.29. The van der Waals surface area contributed by atoms with Gasteiger partial charge >= 0.3 is 11.6 Å². The maximum atomic E-state index is 11.8. The summed E-state index contributed by atoms with van der Waals surface area (Å²) in [5.74, 6) is -2.34. The van der Waals surface area contributed by atoms with Crippen LogP contribution in [0.25, 0.3) is 0 Å². The van der Waals surface area contributed by atoms with Crippen molar-refractivity contribution in [3.63, 3.8) is 0 Å². The third kappa shape index (κ3) is 3.12. The number of nitrogens with one attached hydrogen (secondary N) is 1. The summed E-state index contributed by atoms with van der Waals surface area (Å²) in [6.07, 6.45) is 0. The number of nitrogens with zero attached hydrogens (tertiary/aromatic N) is 3. The molecule has 108 valence electrons. The minimum Gasteiger partial charge on any atom is -0.395 e. The van der Waals surface area contributed by atoms with Gasteiger partial charge in [0.2, 0.25) is 5.82 Å². The topological polar surface area (TPSA) is 141 Å². The molecule has 0 bridgehead atoms. The van der Waals surface area contributed by atoms with Crippen LogP contribution in [0, 0.1) is 20.2 Å². The molecule has 0 atom stereocenters. The number of halogens is 1. The molecule has 2 heterocycles. The van der Waals surface area contributed by atoms with Gasteiger partial charge in [0.25, 0.3) is 5.91 Å². The fraction of sp³-hybridized carbons (Fsp3) is 0. The standard InChI is InChI=1S/C10H5ClN4O6/c11-7-3-1-5(14(17)18)9(12-7)13-10(16)6-2-4-8(21-6)15(19)20/h1-4H,(H,12,13,16). The zero-order chi connectivity index (χ0) is 15.6. The first-order chi connectivity index (χ1) is 9.88. The largest absolute Gasteiger partial charge is 0.433 e. The molecule has 0 spiro atoms. The van der Waals surface area contributed by atoms with Crippen molar-refractivity contribution >= 4 is 34.9 Å². The monoisotopic (exact) mass is 312 g/mol. The van der Waals surface area contributed by atoms with Gasteiger partial charge in [0.1, 0.15) is 10.1 Å². The zero-order valence-electron chi connectivity index (χ0n) is 9.98. The first-order valence-corrected chi connectivity index (χ1v) is 5.63. The lowest BCUT2D eigenvalue weighted by molar-refractivity contribution is -0.402. The summed E-state index contributed by atoms with van der Waals surface area (Å²) in [7, 11) is 0. The van der Waals surface area contributed by atoms with Crippen molar-refractivity contribution in [2.24, 2.45) is 0 Å². The van der Waals surface area contributed by atoms with Crippen LogP contribution in [0.1, 0.15) is 10.6 Å². The van der Waals surface area contributed by atoms with E-state index in [1.165, 1.54) is 6.07 Å². The molecule has 2 aromatic heterocycles. The van der Waals surface area contributed by atoms with Gasteiger partial charge in [-0.1, -0.05) is 11.6 Å². The van der Waals surface area contributed by atoms with E-state index in [1.807, 2.05) is 0 Å². The lowest BCUT2D eigenvalue weighted by Crippen LogP contribution is -2.13. The highest BCUT2D eigenvalue weighted by Gasteiger charge is 2.22. The molecule has 0 radical (unpaired) electrons. The van der Waals surface area contributed by atoms with E-state index in [2.05, 4.69) is 14.7 Å². The predicted molar refractivity (Wildman–Crippen MR) is 69.2 cm³/mol. The number of furan rings is 1. The normalized spacial score (nSPS) is 10.1. The summed E-state index contributed by atoms with van der Waals surface area (Å²) in [6, 6.07) is 4.29. The Kier molecular flexibility index (Phi) is 3.80. The fourth-order valence-corrected chi connectivity index (χ4v) is 1.53. The molecule has 0 saturated heterocycles. The Morgan fingerprint density at radius 2 is 1.90 bits per heavy atom. The number of pyridine rings is 1. The smallest absolute Gasteiger partial charge is 0.395 e. The molecule has 0 fully saturated rings. The second kappa shape index (κ2) is 5.54. The number of carbonyl (C=O) groups is 1. The second-order valence-corrected chi connectivity index (χ2v) is 4.00. The maximum absolute atomic E-state index is 11.8. The highest BCUT2D eigenvalue weighted by atomic mass is 35.5. The van der Waals surface area contributed by atoms with Gasteiger partial charge in [0.05, 0.1) is 11.0 Å². The van der Waals surface area contributed by atoms with Crippen molar-refractivity contribution < 1.29 is 19.1 Å². The first-order valence-electron chi connectivity index (χ1n) is 5.25. The second-order valence-electron chi connectivity index (χ2n) is 3.61. The number of aromatic nitrogens is 1. The van der Waals surface area contributed by atoms with Crippen molar-refractivity contribution in [1.82, 2.24) is 4.98 Å². The average Bonchev–Trinajstić information content (AvgIpc) is 2.88. The van der Waals surface area contributed by atoms with Crippen molar-refractivity contribution in [2.75, 3.05) is 5.32 Å². The van der Waals surface area contributed by atoms with Crippen LogP contribution in [0.2, 0.25) is 5.15 Å². The van der Waals surface area contributed by atoms with Crippen LogP contribution in [-0.4, -0.2) is 20.7 Å². The zero-order valence-corrected chi connectivity index (χ0v) is 10.7. The Hall–Kier alpha value is -3.01. The predicted octanol–water partition coefficient (Wildman–Crippen LogP) is 2.40. The van der Waals surface area contributed by atoms with E-state index >= 15 is 0 Å². The third-order valence-corrected chi connectivity index (χ3v) is 2.47. The van der Waals surface area contributed by atoms with Crippen molar-refractivity contribution in [1.29, 1.82) is 0 Å². The fourth-order valence-electron chi connectivity index (χ4n) is 1.38. The Bertz CT molecular complexity index is 743. The molecular weight excluding hydrogens is 308 g/mol. The molecule has 1 amide bonds. The number of carbonyl (C=O) groups excluding carboxylic acids is 1. The van der Waals surface area contributed by atoms with Crippen LogP contribution in [0.3, 0.4) is 0 Å². The summed E-state index contributed by atoms with van der Waals surface area (Å²) in [5.41, 5.74) is -0.478. The van der Waals surface area contributed by atoms with Crippen LogP contribution in [0.4, 0.5) is 17.4 Å². The van der Waals surface area contributed by atoms with Gasteiger partial charge < -0.3 is 4.42 Å². The van der Waals surface area contributed by atoms with Gasteiger partial charge in [0, 0.05) is 6.07 Å². The molecule has 0 saturated carbocycles. The lowest BCUT2D eigenvalue weighted by Gasteiger charge is -2.03. The molecule has 1 N–H and O–H groups in total. The van der Waals surface area contributed by atoms with Gasteiger partial charge in [-0.15, -0.1) is 0 Å². The van der Waals surface area contributed by atoms with Gasteiger partial charge in [-0.3, -0.25) is 30.3 Å². The third-order valence-electron chi connectivity index (χ3n) is 2.26. The Labute approximate surface area is 120 Å². The molecule has 2 aromatic rings. The Balaban J connectivity index is 2.28. The van der Waals surface area contributed by atoms with E-state index < -0.39 is 38.9 Å². The molecule has 2 rings (SSSR count). The molecule has 0 aliphatic carbocycles. The van der Waals surface area contributed by atoms with Gasteiger partial charge in [0.15, 0.2) is 5.76 Å². The van der Waals surface area contributed by atoms with Crippen LogP contribution < -0.4 is 5.32 Å². The van der Waals surface area contributed by atoms with Crippen molar-refractivity contribution in [3.8, 4) is 0 Å². The van der Waals surface area contributed by atoms with Gasteiger partial charge in [-0.25, -0.2) is 4.98 Å². The van der Waals surface area contributed by atoms with Crippen LogP contribution in [0.15, 0.2) is 28.7 Å². The molecule has 0 aromatic carbocycles. The summed E-state index contributed by atoms with van der Waals surface area (Å²) in [5, 5.41) is 23.3. The van der Waals surface area contributed by atoms with Crippen LogP contribution >= 0.6 is 11.6 Å². The Morgan fingerprint density at radius 1 is 1.19 bits per heavy atom. The number of rotatable bonds is 4. The van der Waals surface area contributed by atoms with E-state index in [0.717, 1.165) is 18.2 Å². The number of anilines is 1. The Morgan fingerprint density at radius 3 is 2.48 bits per heavy atom. The summed E-state index contributed by atoms with van der Waals surface area (Å²) in [6.45, 7) is 0. The number of nitro groups is 2. The molecule has 21 heavy (non-hydrogen) atoms. The van der Waals surface area contributed by atoms with E-state index in [1.54, 1.807) is 0 Å². The van der Waals surface area contributed by atoms with Gasteiger partial charge in [-0.2, -0.15) is 0 Å². The van der Waals surface area contributed by atoms with Crippen molar-refractivity contribution in [2.45, 2.75) is 0 Å². The number of amides is 1. The molecule has 0 unspecified atom stereocenters. The first kappa shape index (κ1) is 14.4. The summed E-state index contributed by atoms with van der Waals surface area (Å²) < 4.78 is 4.67. The number of hydrogen-bond donors (Lipinski definition) is 1. The SMILES string of the molecule is O=C(Nc1nc(Cl)ccc1[N+](=O)[O-])c1ccc([N+](=O)[O-])o1. The van der Waals surface area contributed by atoms with E-state index in [4.69, 9.17) is 11.6 Å².